The lowest BCUT2D eigenvalue weighted by Gasteiger charge is -2.25. The number of aliphatic hydroxyl groups is 1. The minimum Gasteiger partial charge on any atom is -0.423 e. The SMILES string of the molecule is CCc1ccc2c(CN(CC(O)c3ccc(F)cc3)C3CC3)cc(=O)oc2c1. The van der Waals surface area contributed by atoms with Crippen molar-refractivity contribution in [2.24, 2.45) is 0 Å². The molecule has 5 heteroatoms. The van der Waals surface area contributed by atoms with Gasteiger partial charge in [-0.05, 0) is 54.2 Å². The molecule has 2 aromatic carbocycles. The Bertz CT molecular complexity index is 1020. The molecule has 1 unspecified atom stereocenters. The highest BCUT2D eigenvalue weighted by atomic mass is 19.1. The molecule has 1 fully saturated rings. The monoisotopic (exact) mass is 381 g/mol. The largest absolute Gasteiger partial charge is 0.423 e. The van der Waals surface area contributed by atoms with Gasteiger partial charge in [0, 0.05) is 30.6 Å². The highest BCUT2D eigenvalue weighted by Gasteiger charge is 2.31. The molecule has 1 aromatic heterocycles. The highest BCUT2D eigenvalue weighted by Crippen LogP contribution is 2.31. The topological polar surface area (TPSA) is 53.7 Å². The minimum absolute atomic E-state index is 0.316. The molecule has 3 aromatic rings. The van der Waals surface area contributed by atoms with Crippen LogP contribution in [-0.4, -0.2) is 22.6 Å². The Labute approximate surface area is 163 Å². The molecule has 1 aliphatic rings. The summed E-state index contributed by atoms with van der Waals surface area (Å²) < 4.78 is 18.6. The molecule has 0 radical (unpaired) electrons. The number of fused-ring (bicyclic) bond motifs is 1. The smallest absolute Gasteiger partial charge is 0.336 e. The summed E-state index contributed by atoms with van der Waals surface area (Å²) in [4.78, 5) is 14.3. The molecule has 1 aliphatic carbocycles. The van der Waals surface area contributed by atoms with Crippen LogP contribution in [0.4, 0.5) is 4.39 Å². The lowest BCUT2D eigenvalue weighted by Crippen LogP contribution is -2.30. The van der Waals surface area contributed by atoms with Gasteiger partial charge in [-0.3, -0.25) is 4.90 Å². The van der Waals surface area contributed by atoms with E-state index in [4.69, 9.17) is 4.42 Å². The summed E-state index contributed by atoms with van der Waals surface area (Å²) in [6.45, 7) is 3.07. The first-order valence-corrected chi connectivity index (χ1v) is 9.76. The van der Waals surface area contributed by atoms with Gasteiger partial charge in [-0.1, -0.05) is 31.2 Å². The van der Waals surface area contributed by atoms with Crippen molar-refractivity contribution in [1.29, 1.82) is 0 Å². The zero-order chi connectivity index (χ0) is 19.7. The molecular formula is C23H24FNO3. The zero-order valence-electron chi connectivity index (χ0n) is 15.9. The molecule has 4 nitrogen and oxygen atoms in total. The highest BCUT2D eigenvalue weighted by molar-refractivity contribution is 5.80. The van der Waals surface area contributed by atoms with Gasteiger partial charge in [0.05, 0.1) is 6.10 Å². The van der Waals surface area contributed by atoms with E-state index in [1.807, 2.05) is 12.1 Å². The second-order valence-corrected chi connectivity index (χ2v) is 7.50. The van der Waals surface area contributed by atoms with Crippen LogP contribution in [0.1, 0.15) is 42.6 Å². The first-order valence-electron chi connectivity index (χ1n) is 9.76. The van der Waals surface area contributed by atoms with E-state index in [2.05, 4.69) is 17.9 Å². The predicted molar refractivity (Wildman–Crippen MR) is 107 cm³/mol. The number of aliphatic hydroxyl groups excluding tert-OH is 1. The predicted octanol–water partition coefficient (Wildman–Crippen LogP) is 4.19. The number of rotatable bonds is 7. The van der Waals surface area contributed by atoms with Crippen molar-refractivity contribution in [3.05, 3.63) is 81.5 Å². The molecule has 0 aliphatic heterocycles. The van der Waals surface area contributed by atoms with Crippen molar-refractivity contribution >= 4 is 11.0 Å². The molecule has 28 heavy (non-hydrogen) atoms. The van der Waals surface area contributed by atoms with Crippen molar-refractivity contribution in [2.75, 3.05) is 6.54 Å². The Balaban J connectivity index is 1.60. The van der Waals surface area contributed by atoms with Crippen molar-refractivity contribution in [3.63, 3.8) is 0 Å². The molecule has 1 saturated carbocycles. The van der Waals surface area contributed by atoms with Crippen LogP contribution < -0.4 is 5.63 Å². The van der Waals surface area contributed by atoms with Gasteiger partial charge >= 0.3 is 5.63 Å². The third-order valence-electron chi connectivity index (χ3n) is 5.40. The maximum Gasteiger partial charge on any atom is 0.336 e. The Morgan fingerprint density at radius 2 is 1.93 bits per heavy atom. The molecule has 4 rings (SSSR count). The van der Waals surface area contributed by atoms with Crippen molar-refractivity contribution in [1.82, 2.24) is 4.90 Å². The molecule has 0 bridgehead atoms. The molecule has 0 amide bonds. The summed E-state index contributed by atoms with van der Waals surface area (Å²) >= 11 is 0. The summed E-state index contributed by atoms with van der Waals surface area (Å²) in [5.41, 5.74) is 2.98. The molecule has 1 heterocycles. The van der Waals surface area contributed by atoms with Gasteiger partial charge in [0.1, 0.15) is 11.4 Å². The van der Waals surface area contributed by atoms with Crippen LogP contribution in [0.15, 0.2) is 57.7 Å². The van der Waals surface area contributed by atoms with Gasteiger partial charge in [0.2, 0.25) is 0 Å². The summed E-state index contributed by atoms with van der Waals surface area (Å²) in [5, 5.41) is 11.6. The number of nitrogens with zero attached hydrogens (tertiary/aromatic N) is 1. The number of hydrogen-bond donors (Lipinski definition) is 1. The standard InChI is InChI=1S/C23H24FNO3/c1-2-15-3-10-20-17(12-23(27)28-22(20)11-15)13-25(19-8-9-19)14-21(26)16-4-6-18(24)7-5-16/h3-7,10-12,19,21,26H,2,8-9,13-14H2,1H3. The third kappa shape index (κ3) is 4.16. The van der Waals surface area contributed by atoms with Gasteiger partial charge in [0.15, 0.2) is 0 Å². The summed E-state index contributed by atoms with van der Waals surface area (Å²) in [6, 6.07) is 13.9. The lowest BCUT2D eigenvalue weighted by molar-refractivity contribution is 0.104. The van der Waals surface area contributed by atoms with Crippen LogP contribution in [0.5, 0.6) is 0 Å². The normalized spacial score (nSPS) is 15.3. The van der Waals surface area contributed by atoms with Crippen LogP contribution in [0.3, 0.4) is 0 Å². The van der Waals surface area contributed by atoms with Gasteiger partial charge in [-0.15, -0.1) is 0 Å². The quantitative estimate of drug-likeness (QED) is 0.624. The first kappa shape index (κ1) is 18.8. The Hall–Kier alpha value is -2.50. The number of hydrogen-bond acceptors (Lipinski definition) is 4. The van der Waals surface area contributed by atoms with E-state index in [1.165, 1.54) is 12.1 Å². The number of benzene rings is 2. The van der Waals surface area contributed by atoms with Crippen molar-refractivity contribution < 1.29 is 13.9 Å². The fraction of sp³-hybridized carbons (Fsp3) is 0.348. The second kappa shape index (κ2) is 7.86. The average Bonchev–Trinajstić information content (AvgIpc) is 3.52. The Morgan fingerprint density at radius 3 is 2.61 bits per heavy atom. The van der Waals surface area contributed by atoms with Gasteiger partial charge in [-0.2, -0.15) is 0 Å². The van der Waals surface area contributed by atoms with Crippen LogP contribution in [0.2, 0.25) is 0 Å². The van der Waals surface area contributed by atoms with Gasteiger partial charge < -0.3 is 9.52 Å². The van der Waals surface area contributed by atoms with Crippen molar-refractivity contribution in [2.45, 2.75) is 44.9 Å². The van der Waals surface area contributed by atoms with Gasteiger partial charge in [0.25, 0.3) is 0 Å². The number of aryl methyl sites for hydroxylation is 1. The van der Waals surface area contributed by atoms with E-state index >= 15 is 0 Å². The zero-order valence-corrected chi connectivity index (χ0v) is 15.9. The van der Waals surface area contributed by atoms with E-state index in [9.17, 15) is 14.3 Å². The molecule has 1 atom stereocenters. The molecular weight excluding hydrogens is 357 g/mol. The summed E-state index contributed by atoms with van der Waals surface area (Å²) in [7, 11) is 0. The average molecular weight is 381 g/mol. The lowest BCUT2D eigenvalue weighted by atomic mass is 10.0. The molecule has 0 spiro atoms. The molecule has 0 saturated heterocycles. The van der Waals surface area contributed by atoms with E-state index < -0.39 is 6.10 Å². The summed E-state index contributed by atoms with van der Waals surface area (Å²) in [6.07, 6.45) is 2.33. The maximum atomic E-state index is 13.1. The minimum atomic E-state index is -0.709. The van der Waals surface area contributed by atoms with E-state index in [1.54, 1.807) is 18.2 Å². The molecule has 1 N–H and O–H groups in total. The first-order chi connectivity index (χ1) is 13.5. The van der Waals surface area contributed by atoms with Crippen molar-refractivity contribution in [3.8, 4) is 0 Å². The maximum absolute atomic E-state index is 13.1. The number of halogens is 1. The van der Waals surface area contributed by atoms with Crippen LogP contribution in [0, 0.1) is 5.82 Å². The Morgan fingerprint density at radius 1 is 1.18 bits per heavy atom. The fourth-order valence-corrected chi connectivity index (χ4v) is 3.64. The van der Waals surface area contributed by atoms with E-state index in [0.717, 1.165) is 35.8 Å². The fourth-order valence-electron chi connectivity index (χ4n) is 3.64. The van der Waals surface area contributed by atoms with E-state index in [0.29, 0.717) is 30.3 Å². The third-order valence-corrected chi connectivity index (χ3v) is 5.40. The molecule has 146 valence electrons. The van der Waals surface area contributed by atoms with Crippen LogP contribution in [0.25, 0.3) is 11.0 Å². The van der Waals surface area contributed by atoms with Gasteiger partial charge in [-0.25, -0.2) is 9.18 Å². The second-order valence-electron chi connectivity index (χ2n) is 7.50. The van der Waals surface area contributed by atoms with E-state index in [-0.39, 0.29) is 11.4 Å². The van der Waals surface area contributed by atoms with Crippen LogP contribution in [-0.2, 0) is 13.0 Å². The Kier molecular flexibility index (Phi) is 5.29. The van der Waals surface area contributed by atoms with Crippen LogP contribution >= 0.6 is 0 Å². The summed E-state index contributed by atoms with van der Waals surface area (Å²) in [5.74, 6) is -0.316.